The quantitative estimate of drug-likeness (QED) is 0.0372. The molecule has 1 aromatic rings. The SMILES string of the molecule is CCCCCCCCCCCOC(=O)CCCCCN(CCCCCCCC(=O)OC(CCCCCCCC)CCCCCCCC)CCOC(=O)CNC(=O)C(N)Cc1ccccc1. The van der Waals surface area contributed by atoms with E-state index in [9.17, 15) is 19.2 Å². The van der Waals surface area contributed by atoms with E-state index >= 15 is 0 Å². The molecule has 1 rings (SSSR count). The van der Waals surface area contributed by atoms with Gasteiger partial charge in [-0.2, -0.15) is 0 Å². The van der Waals surface area contributed by atoms with Crippen LogP contribution in [0.25, 0.3) is 0 Å². The van der Waals surface area contributed by atoms with Crippen LogP contribution in [-0.4, -0.2) is 80.3 Å². The number of nitrogens with one attached hydrogen (secondary N) is 1. The molecule has 0 heterocycles. The van der Waals surface area contributed by atoms with Gasteiger partial charge in [0.15, 0.2) is 0 Å². The zero-order chi connectivity index (χ0) is 47.3. The van der Waals surface area contributed by atoms with Crippen molar-refractivity contribution in [2.75, 3.05) is 39.4 Å². The first kappa shape index (κ1) is 60.0. The van der Waals surface area contributed by atoms with Crippen molar-refractivity contribution in [1.82, 2.24) is 10.2 Å². The van der Waals surface area contributed by atoms with E-state index in [0.717, 1.165) is 109 Å². The first-order chi connectivity index (χ1) is 31.8. The topological polar surface area (TPSA) is 137 Å². The number of rotatable bonds is 47. The third-order valence-corrected chi connectivity index (χ3v) is 12.5. The number of carbonyl (C=O) groups excluding carboxylic acids is 4. The van der Waals surface area contributed by atoms with Gasteiger partial charge in [0, 0.05) is 19.4 Å². The van der Waals surface area contributed by atoms with Crippen molar-refractivity contribution in [3.05, 3.63) is 35.9 Å². The summed E-state index contributed by atoms with van der Waals surface area (Å²) >= 11 is 0. The number of unbranched alkanes of at least 4 members (excludes halogenated alkanes) is 24. The molecule has 1 amide bonds. The van der Waals surface area contributed by atoms with Gasteiger partial charge in [-0.05, 0) is 82.9 Å². The van der Waals surface area contributed by atoms with Gasteiger partial charge >= 0.3 is 17.9 Å². The Bertz CT molecular complexity index is 1250. The van der Waals surface area contributed by atoms with Crippen molar-refractivity contribution in [3.63, 3.8) is 0 Å². The van der Waals surface area contributed by atoms with Gasteiger partial charge in [0.25, 0.3) is 0 Å². The summed E-state index contributed by atoms with van der Waals surface area (Å²) in [7, 11) is 0. The zero-order valence-corrected chi connectivity index (χ0v) is 42.2. The Morgan fingerprint density at radius 2 is 0.954 bits per heavy atom. The third-order valence-electron chi connectivity index (χ3n) is 12.5. The lowest BCUT2D eigenvalue weighted by atomic mass is 10.0. The number of amides is 1. The van der Waals surface area contributed by atoms with Crippen LogP contribution in [0.2, 0.25) is 0 Å². The Morgan fingerprint density at radius 1 is 0.508 bits per heavy atom. The van der Waals surface area contributed by atoms with Crippen LogP contribution >= 0.6 is 0 Å². The summed E-state index contributed by atoms with van der Waals surface area (Å²) in [6, 6.07) is 8.82. The molecule has 0 spiro atoms. The van der Waals surface area contributed by atoms with E-state index in [1.54, 1.807) is 0 Å². The van der Waals surface area contributed by atoms with E-state index in [2.05, 4.69) is 31.0 Å². The van der Waals surface area contributed by atoms with E-state index in [1.165, 1.54) is 109 Å². The molecule has 1 unspecified atom stereocenters. The molecular formula is C55H99N3O7. The van der Waals surface area contributed by atoms with Gasteiger partial charge in [-0.3, -0.25) is 24.1 Å². The molecule has 1 atom stereocenters. The van der Waals surface area contributed by atoms with Crippen LogP contribution in [0.3, 0.4) is 0 Å². The summed E-state index contributed by atoms with van der Waals surface area (Å²) in [6.45, 7) is 9.60. The minimum Gasteiger partial charge on any atom is -0.466 e. The van der Waals surface area contributed by atoms with Gasteiger partial charge in [0.05, 0.1) is 12.6 Å². The van der Waals surface area contributed by atoms with Crippen molar-refractivity contribution in [1.29, 1.82) is 0 Å². The number of benzene rings is 1. The number of nitrogens with zero attached hydrogens (tertiary/aromatic N) is 1. The van der Waals surface area contributed by atoms with Crippen LogP contribution in [0, 0.1) is 0 Å². The molecule has 0 aliphatic heterocycles. The molecule has 376 valence electrons. The lowest BCUT2D eigenvalue weighted by molar-refractivity contribution is -0.150. The van der Waals surface area contributed by atoms with Crippen molar-refractivity contribution < 1.29 is 33.4 Å². The van der Waals surface area contributed by atoms with E-state index in [1.807, 2.05) is 30.3 Å². The molecule has 0 bridgehead atoms. The Kier molecular flexibility index (Phi) is 41.4. The molecule has 0 aromatic heterocycles. The largest absolute Gasteiger partial charge is 0.466 e. The predicted molar refractivity (Wildman–Crippen MR) is 269 cm³/mol. The average molecular weight is 914 g/mol. The number of hydrogen-bond donors (Lipinski definition) is 2. The Balaban J connectivity index is 2.45. The second-order valence-corrected chi connectivity index (χ2v) is 18.7. The second-order valence-electron chi connectivity index (χ2n) is 18.7. The van der Waals surface area contributed by atoms with Gasteiger partial charge in [-0.15, -0.1) is 0 Å². The standard InChI is InChI=1S/C55H99N3O7/c1-4-7-10-13-16-17-18-24-35-45-63-52(59)40-32-26-34-43-58(44-46-64-54(61)48-57-55(62)51(56)47-49-36-27-25-28-37-49)42-33-23-19-22-31-41-53(60)65-50(38-29-20-14-11-8-5-2)39-30-21-15-12-9-6-3/h25,27-28,36-37,50-51H,4-24,26,29-35,38-48,56H2,1-3H3,(H,57,62). The van der Waals surface area contributed by atoms with Gasteiger partial charge in [-0.25, -0.2) is 0 Å². The molecule has 0 aliphatic rings. The van der Waals surface area contributed by atoms with E-state index < -0.39 is 12.0 Å². The van der Waals surface area contributed by atoms with Gasteiger partial charge in [0.1, 0.15) is 19.3 Å². The zero-order valence-electron chi connectivity index (χ0n) is 42.2. The Labute approximate surface area is 398 Å². The van der Waals surface area contributed by atoms with Crippen molar-refractivity contribution in [2.24, 2.45) is 5.73 Å². The summed E-state index contributed by atoms with van der Waals surface area (Å²) in [5.41, 5.74) is 7.03. The first-order valence-electron chi connectivity index (χ1n) is 27.1. The molecule has 0 saturated carbocycles. The summed E-state index contributed by atoms with van der Waals surface area (Å²) in [5.74, 6) is -1.00. The highest BCUT2D eigenvalue weighted by Crippen LogP contribution is 2.19. The fraction of sp³-hybridized carbons (Fsp3) is 0.818. The predicted octanol–water partition coefficient (Wildman–Crippen LogP) is 12.9. The van der Waals surface area contributed by atoms with Gasteiger partial charge < -0.3 is 25.3 Å². The fourth-order valence-corrected chi connectivity index (χ4v) is 8.33. The molecule has 10 nitrogen and oxygen atoms in total. The molecule has 0 radical (unpaired) electrons. The minimum absolute atomic E-state index is 0.0330. The normalized spacial score (nSPS) is 11.8. The second kappa shape index (κ2) is 44.8. The molecule has 0 fully saturated rings. The molecular weight excluding hydrogens is 815 g/mol. The van der Waals surface area contributed by atoms with Gasteiger partial charge in [0.2, 0.25) is 5.91 Å². The highest BCUT2D eigenvalue weighted by Gasteiger charge is 2.17. The van der Waals surface area contributed by atoms with E-state index in [4.69, 9.17) is 19.9 Å². The summed E-state index contributed by atoms with van der Waals surface area (Å²) < 4.78 is 17.1. The van der Waals surface area contributed by atoms with Crippen LogP contribution in [0.5, 0.6) is 0 Å². The maximum absolute atomic E-state index is 12.9. The lowest BCUT2D eigenvalue weighted by Crippen LogP contribution is -2.44. The molecule has 1 aromatic carbocycles. The maximum atomic E-state index is 12.9. The smallest absolute Gasteiger partial charge is 0.325 e. The van der Waals surface area contributed by atoms with Crippen molar-refractivity contribution in [3.8, 4) is 0 Å². The molecule has 0 saturated heterocycles. The highest BCUT2D eigenvalue weighted by molar-refractivity contribution is 5.85. The third kappa shape index (κ3) is 38.8. The van der Waals surface area contributed by atoms with E-state index in [-0.39, 0.29) is 37.1 Å². The number of esters is 3. The number of hydrogen-bond acceptors (Lipinski definition) is 9. The highest BCUT2D eigenvalue weighted by atomic mass is 16.5. The maximum Gasteiger partial charge on any atom is 0.325 e. The minimum atomic E-state index is -0.747. The Morgan fingerprint density at radius 3 is 1.51 bits per heavy atom. The molecule has 10 heteroatoms. The van der Waals surface area contributed by atoms with Crippen LogP contribution in [-0.2, 0) is 39.8 Å². The molecule has 0 aliphatic carbocycles. The van der Waals surface area contributed by atoms with Gasteiger partial charge in [-0.1, -0.05) is 192 Å². The average Bonchev–Trinajstić information content (AvgIpc) is 3.30. The van der Waals surface area contributed by atoms with Crippen molar-refractivity contribution >= 4 is 23.8 Å². The number of nitrogens with two attached hydrogens (primary N) is 1. The number of ether oxygens (including phenoxy) is 3. The summed E-state index contributed by atoms with van der Waals surface area (Å²) in [6.07, 6.45) is 37.3. The Hall–Kier alpha value is -2.98. The molecule has 65 heavy (non-hydrogen) atoms. The fourth-order valence-electron chi connectivity index (χ4n) is 8.33. The summed E-state index contributed by atoms with van der Waals surface area (Å²) in [4.78, 5) is 52.6. The molecule has 3 N–H and O–H groups in total. The summed E-state index contributed by atoms with van der Waals surface area (Å²) in [5, 5.41) is 2.62. The first-order valence-corrected chi connectivity index (χ1v) is 27.1. The van der Waals surface area contributed by atoms with Crippen LogP contribution in [0.1, 0.15) is 238 Å². The lowest BCUT2D eigenvalue weighted by Gasteiger charge is -2.22. The van der Waals surface area contributed by atoms with Crippen molar-refractivity contribution in [2.45, 2.75) is 251 Å². The van der Waals surface area contributed by atoms with Crippen LogP contribution in [0.4, 0.5) is 0 Å². The van der Waals surface area contributed by atoms with Crippen LogP contribution in [0.15, 0.2) is 30.3 Å². The van der Waals surface area contributed by atoms with Crippen LogP contribution < -0.4 is 11.1 Å². The van der Waals surface area contributed by atoms with E-state index in [0.29, 0.717) is 32.4 Å². The number of carbonyl (C=O) groups is 4. The monoisotopic (exact) mass is 914 g/mol.